The van der Waals surface area contributed by atoms with Crippen molar-refractivity contribution in [3.8, 4) is 5.75 Å². The molecule has 0 radical (unpaired) electrons. The molecule has 1 aliphatic carbocycles. The number of benzene rings is 1. The summed E-state index contributed by atoms with van der Waals surface area (Å²) in [7, 11) is 1.71. The van der Waals surface area contributed by atoms with E-state index in [1.807, 2.05) is 13.0 Å². The van der Waals surface area contributed by atoms with Gasteiger partial charge in [-0.25, -0.2) is 0 Å². The molecule has 2 aliphatic rings. The zero-order chi connectivity index (χ0) is 14.8. The molecule has 1 aliphatic heterocycles. The molecule has 4 heteroatoms. The number of methoxy groups -OCH3 is 1. The Morgan fingerprint density at radius 3 is 2.81 bits per heavy atom. The largest absolute Gasteiger partial charge is 0.495 e. The summed E-state index contributed by atoms with van der Waals surface area (Å²) in [4.78, 5) is 0. The summed E-state index contributed by atoms with van der Waals surface area (Å²) >= 11 is 6.20. The van der Waals surface area contributed by atoms with Crippen molar-refractivity contribution >= 4 is 17.3 Å². The zero-order valence-electron chi connectivity index (χ0n) is 12.9. The molecule has 0 aromatic heterocycles. The first-order valence-electron chi connectivity index (χ1n) is 8.03. The average Bonchev–Trinajstić information content (AvgIpc) is 3.13. The highest BCUT2D eigenvalue weighted by molar-refractivity contribution is 6.31. The lowest BCUT2D eigenvalue weighted by Gasteiger charge is -2.28. The third-order valence-corrected chi connectivity index (χ3v) is 5.41. The van der Waals surface area contributed by atoms with Crippen molar-refractivity contribution < 1.29 is 4.74 Å². The molecular weight excluding hydrogens is 284 g/mol. The van der Waals surface area contributed by atoms with Gasteiger partial charge in [0.2, 0.25) is 0 Å². The normalized spacial score (nSPS) is 28.8. The molecule has 1 aromatic carbocycles. The van der Waals surface area contributed by atoms with Crippen LogP contribution < -0.4 is 15.4 Å². The second-order valence-electron chi connectivity index (χ2n) is 6.35. The van der Waals surface area contributed by atoms with Crippen LogP contribution in [0.2, 0.25) is 5.02 Å². The molecule has 3 unspecified atom stereocenters. The first-order valence-corrected chi connectivity index (χ1v) is 8.41. The van der Waals surface area contributed by atoms with E-state index in [-0.39, 0.29) is 0 Å². The van der Waals surface area contributed by atoms with Crippen LogP contribution in [-0.4, -0.2) is 25.7 Å². The highest BCUT2D eigenvalue weighted by Gasteiger charge is 2.35. The van der Waals surface area contributed by atoms with Gasteiger partial charge in [-0.15, -0.1) is 0 Å². The average molecular weight is 309 g/mol. The molecule has 1 saturated heterocycles. The van der Waals surface area contributed by atoms with Gasteiger partial charge < -0.3 is 15.4 Å². The van der Waals surface area contributed by atoms with Gasteiger partial charge in [-0.1, -0.05) is 18.0 Å². The standard InChI is InChI=1S/C17H25ClN2O/c1-11-9-16(17(21-2)10-13(11)18)20-15-6-3-5-12(15)14-7-4-8-19-14/h9-10,12,14-15,19-20H,3-8H2,1-2H3. The van der Waals surface area contributed by atoms with Crippen molar-refractivity contribution in [2.24, 2.45) is 5.92 Å². The van der Waals surface area contributed by atoms with Gasteiger partial charge in [0.05, 0.1) is 12.8 Å². The fourth-order valence-electron chi connectivity index (χ4n) is 3.87. The van der Waals surface area contributed by atoms with Gasteiger partial charge in [-0.2, -0.15) is 0 Å². The monoisotopic (exact) mass is 308 g/mol. The molecule has 3 atom stereocenters. The molecular formula is C17H25ClN2O. The maximum atomic E-state index is 6.20. The van der Waals surface area contributed by atoms with Gasteiger partial charge in [0.1, 0.15) is 5.75 Å². The Morgan fingerprint density at radius 2 is 2.10 bits per heavy atom. The SMILES string of the molecule is COc1cc(Cl)c(C)cc1NC1CCCC1C1CCCN1. The minimum Gasteiger partial charge on any atom is -0.495 e. The Balaban J connectivity index is 1.77. The van der Waals surface area contributed by atoms with E-state index in [1.54, 1.807) is 7.11 Å². The van der Waals surface area contributed by atoms with E-state index >= 15 is 0 Å². The third-order valence-electron chi connectivity index (χ3n) is 5.01. The maximum absolute atomic E-state index is 6.20. The van der Waals surface area contributed by atoms with Crippen LogP contribution in [0, 0.1) is 12.8 Å². The molecule has 1 saturated carbocycles. The second kappa shape index (κ2) is 6.45. The van der Waals surface area contributed by atoms with Crippen molar-refractivity contribution in [1.82, 2.24) is 5.32 Å². The molecule has 116 valence electrons. The van der Waals surface area contributed by atoms with Crippen LogP contribution in [0.5, 0.6) is 5.75 Å². The summed E-state index contributed by atoms with van der Waals surface area (Å²) in [5, 5.41) is 8.16. The molecule has 0 amide bonds. The minimum absolute atomic E-state index is 0.537. The van der Waals surface area contributed by atoms with Crippen molar-refractivity contribution in [3.05, 3.63) is 22.7 Å². The first-order chi connectivity index (χ1) is 10.2. The number of rotatable bonds is 4. The van der Waals surface area contributed by atoms with Gasteiger partial charge in [0.15, 0.2) is 0 Å². The minimum atomic E-state index is 0.537. The molecule has 3 rings (SSSR count). The zero-order valence-corrected chi connectivity index (χ0v) is 13.7. The number of anilines is 1. The van der Waals surface area contributed by atoms with E-state index in [4.69, 9.17) is 16.3 Å². The molecule has 1 heterocycles. The van der Waals surface area contributed by atoms with Crippen LogP contribution >= 0.6 is 11.6 Å². The van der Waals surface area contributed by atoms with Gasteiger partial charge in [-0.05, 0) is 56.7 Å². The predicted octanol–water partition coefficient (Wildman–Crippen LogP) is 3.99. The summed E-state index contributed by atoms with van der Waals surface area (Å²) in [5.74, 6) is 1.57. The van der Waals surface area contributed by atoms with Crippen molar-refractivity contribution in [3.63, 3.8) is 0 Å². The molecule has 0 spiro atoms. The van der Waals surface area contributed by atoms with Gasteiger partial charge in [-0.3, -0.25) is 0 Å². The fourth-order valence-corrected chi connectivity index (χ4v) is 4.02. The summed E-state index contributed by atoms with van der Waals surface area (Å²) < 4.78 is 5.49. The van der Waals surface area contributed by atoms with E-state index < -0.39 is 0 Å². The quantitative estimate of drug-likeness (QED) is 0.882. The van der Waals surface area contributed by atoms with Crippen LogP contribution in [0.4, 0.5) is 5.69 Å². The van der Waals surface area contributed by atoms with Crippen LogP contribution in [-0.2, 0) is 0 Å². The molecule has 21 heavy (non-hydrogen) atoms. The van der Waals surface area contributed by atoms with E-state index in [1.165, 1.54) is 38.6 Å². The number of aryl methyl sites for hydroxylation is 1. The highest BCUT2D eigenvalue weighted by Crippen LogP contribution is 2.37. The lowest BCUT2D eigenvalue weighted by Crippen LogP contribution is -2.38. The van der Waals surface area contributed by atoms with Crippen LogP contribution in [0.1, 0.15) is 37.7 Å². The Labute approximate surface area is 132 Å². The highest BCUT2D eigenvalue weighted by atomic mass is 35.5. The Kier molecular flexibility index (Phi) is 4.60. The molecule has 1 aromatic rings. The first kappa shape index (κ1) is 15.0. The predicted molar refractivity (Wildman–Crippen MR) is 88.5 cm³/mol. The lowest BCUT2D eigenvalue weighted by atomic mass is 9.93. The Bertz CT molecular complexity index is 500. The summed E-state index contributed by atoms with van der Waals surface area (Å²) in [6.45, 7) is 3.22. The smallest absolute Gasteiger partial charge is 0.143 e. The Hall–Kier alpha value is -0.930. The van der Waals surface area contributed by atoms with Crippen LogP contribution in [0.25, 0.3) is 0 Å². The fraction of sp³-hybridized carbons (Fsp3) is 0.647. The molecule has 2 fully saturated rings. The van der Waals surface area contributed by atoms with E-state index in [0.29, 0.717) is 12.1 Å². The van der Waals surface area contributed by atoms with Crippen LogP contribution in [0.15, 0.2) is 12.1 Å². The van der Waals surface area contributed by atoms with Crippen molar-refractivity contribution in [1.29, 1.82) is 0 Å². The lowest BCUT2D eigenvalue weighted by molar-refractivity contribution is 0.373. The summed E-state index contributed by atoms with van der Waals surface area (Å²) in [6, 6.07) is 5.25. The number of ether oxygens (including phenoxy) is 1. The Morgan fingerprint density at radius 1 is 1.24 bits per heavy atom. The molecule has 2 N–H and O–H groups in total. The second-order valence-corrected chi connectivity index (χ2v) is 6.76. The van der Waals surface area contributed by atoms with E-state index in [9.17, 15) is 0 Å². The molecule has 3 nitrogen and oxygen atoms in total. The summed E-state index contributed by atoms with van der Waals surface area (Å²) in [6.07, 6.45) is 6.52. The van der Waals surface area contributed by atoms with Crippen molar-refractivity contribution in [2.75, 3.05) is 19.0 Å². The van der Waals surface area contributed by atoms with Gasteiger partial charge in [0, 0.05) is 23.2 Å². The van der Waals surface area contributed by atoms with Gasteiger partial charge >= 0.3 is 0 Å². The van der Waals surface area contributed by atoms with Gasteiger partial charge in [0.25, 0.3) is 0 Å². The third kappa shape index (κ3) is 3.14. The van der Waals surface area contributed by atoms with E-state index in [2.05, 4.69) is 16.7 Å². The molecule has 0 bridgehead atoms. The maximum Gasteiger partial charge on any atom is 0.143 e. The number of hydrogen-bond donors (Lipinski definition) is 2. The van der Waals surface area contributed by atoms with Crippen molar-refractivity contribution in [2.45, 2.75) is 51.1 Å². The number of nitrogens with one attached hydrogen (secondary N) is 2. The number of hydrogen-bond acceptors (Lipinski definition) is 3. The van der Waals surface area contributed by atoms with Crippen LogP contribution in [0.3, 0.4) is 0 Å². The number of halogens is 1. The summed E-state index contributed by atoms with van der Waals surface area (Å²) in [5.41, 5.74) is 2.17. The topological polar surface area (TPSA) is 33.3 Å². The van der Waals surface area contributed by atoms with E-state index in [0.717, 1.165) is 27.9 Å².